The minimum Gasteiger partial charge on any atom is -0.759 e. The Morgan fingerprint density at radius 3 is 1.18 bits per heavy atom. The largest absolute Gasteiger partial charge is 1.00 e. The maximum absolute atomic E-state index is 8.52. The molecule has 0 radical (unpaired) electrons. The standard InChI is InChI=1S/C3H8O.2K.H2O4S/c1-3(2)4;;;1-5(2,3)4/h3-4H,1-2H3;;;(H2,1,2,3,4)/q;2*+1;/p-2. The van der Waals surface area contributed by atoms with Crippen LogP contribution >= 0.6 is 0 Å². The van der Waals surface area contributed by atoms with Gasteiger partial charge in [0.2, 0.25) is 0 Å². The van der Waals surface area contributed by atoms with Gasteiger partial charge in [0.15, 0.2) is 0 Å². The van der Waals surface area contributed by atoms with Gasteiger partial charge in [0, 0.05) is 16.5 Å². The Hall–Kier alpha value is 3.10. The molecule has 0 aromatic carbocycles. The van der Waals surface area contributed by atoms with Crippen LogP contribution in [-0.2, 0) is 10.4 Å². The van der Waals surface area contributed by atoms with Crippen LogP contribution in [-0.4, -0.2) is 28.7 Å². The molecule has 0 amide bonds. The van der Waals surface area contributed by atoms with Gasteiger partial charge in [-0.1, -0.05) is 0 Å². The van der Waals surface area contributed by atoms with E-state index < -0.39 is 10.4 Å². The van der Waals surface area contributed by atoms with Crippen LogP contribution in [0.1, 0.15) is 13.8 Å². The van der Waals surface area contributed by atoms with E-state index in [1.54, 1.807) is 13.8 Å². The van der Waals surface area contributed by atoms with E-state index in [9.17, 15) is 0 Å². The van der Waals surface area contributed by atoms with Crippen LogP contribution in [0.15, 0.2) is 0 Å². The monoisotopic (exact) mass is 234 g/mol. The van der Waals surface area contributed by atoms with Crippen LogP contribution in [0.2, 0.25) is 0 Å². The molecule has 0 atom stereocenters. The Kier molecular flexibility index (Phi) is 28.3. The van der Waals surface area contributed by atoms with Gasteiger partial charge >= 0.3 is 103 Å². The van der Waals surface area contributed by atoms with Gasteiger partial charge in [0.05, 0.1) is 0 Å². The molecule has 5 nitrogen and oxygen atoms in total. The number of aliphatic hydroxyl groups excluding tert-OH is 1. The molecule has 0 bridgehead atoms. The van der Waals surface area contributed by atoms with E-state index >= 15 is 0 Å². The summed E-state index contributed by atoms with van der Waals surface area (Å²) < 4.78 is 34.1. The third-order valence-corrected chi connectivity index (χ3v) is 0. The molecule has 8 heteroatoms. The smallest absolute Gasteiger partial charge is 0.759 e. The normalized spacial score (nSPS) is 8.55. The first-order valence-corrected chi connectivity index (χ1v) is 3.41. The van der Waals surface area contributed by atoms with E-state index in [0.717, 1.165) is 0 Å². The van der Waals surface area contributed by atoms with Crippen molar-refractivity contribution in [1.29, 1.82) is 0 Å². The van der Waals surface area contributed by atoms with Crippen molar-refractivity contribution in [3.8, 4) is 0 Å². The molecule has 0 aromatic rings. The van der Waals surface area contributed by atoms with Crippen molar-refractivity contribution in [3.05, 3.63) is 0 Å². The summed E-state index contributed by atoms with van der Waals surface area (Å²) in [6, 6.07) is 0. The molecule has 11 heavy (non-hydrogen) atoms. The van der Waals surface area contributed by atoms with Crippen molar-refractivity contribution in [2.75, 3.05) is 0 Å². The van der Waals surface area contributed by atoms with Crippen molar-refractivity contribution in [3.63, 3.8) is 0 Å². The summed E-state index contributed by atoms with van der Waals surface area (Å²) >= 11 is 0. The Morgan fingerprint density at radius 1 is 1.18 bits per heavy atom. The summed E-state index contributed by atoms with van der Waals surface area (Å²) in [6.45, 7) is 3.44. The van der Waals surface area contributed by atoms with E-state index in [1.165, 1.54) is 0 Å². The van der Waals surface area contributed by atoms with Crippen LogP contribution in [0.25, 0.3) is 0 Å². The molecule has 0 spiro atoms. The first kappa shape index (κ1) is 23.7. The second-order valence-corrected chi connectivity index (χ2v) is 2.32. The summed E-state index contributed by atoms with van der Waals surface area (Å²) in [6.07, 6.45) is -0.167. The molecule has 0 aliphatic carbocycles. The van der Waals surface area contributed by atoms with Gasteiger partial charge in [0.1, 0.15) is 0 Å². The number of hydrogen-bond donors (Lipinski definition) is 1. The Bertz CT molecular complexity index is 131. The maximum atomic E-state index is 8.52. The summed E-state index contributed by atoms with van der Waals surface area (Å²) in [7, 11) is -5.17. The molecule has 0 fully saturated rings. The molecular formula is C3H8K2O5S. The third kappa shape index (κ3) is 168. The van der Waals surface area contributed by atoms with Gasteiger partial charge in [-0.25, -0.2) is 0 Å². The molecular weight excluding hydrogens is 226 g/mol. The molecule has 1 N–H and O–H groups in total. The van der Waals surface area contributed by atoms with Crippen molar-refractivity contribution in [2.45, 2.75) is 20.0 Å². The third-order valence-electron chi connectivity index (χ3n) is 0. The summed E-state index contributed by atoms with van der Waals surface area (Å²) in [5.74, 6) is 0. The van der Waals surface area contributed by atoms with Crippen LogP contribution in [0.4, 0.5) is 0 Å². The SMILES string of the molecule is CC(C)O.O=S(=O)([O-])[O-].[K+].[K+]. The predicted molar refractivity (Wildman–Crippen MR) is 27.8 cm³/mol. The van der Waals surface area contributed by atoms with Gasteiger partial charge in [-0.2, -0.15) is 0 Å². The zero-order valence-corrected chi connectivity index (χ0v) is 14.1. The minimum absolute atomic E-state index is 0. The maximum Gasteiger partial charge on any atom is 1.00 e. The molecule has 0 saturated carbocycles. The van der Waals surface area contributed by atoms with Gasteiger partial charge < -0.3 is 14.2 Å². The molecule has 0 aliphatic heterocycles. The van der Waals surface area contributed by atoms with Crippen LogP contribution < -0.4 is 103 Å². The summed E-state index contributed by atoms with van der Waals surface area (Å²) in [5, 5.41) is 8.06. The zero-order valence-electron chi connectivity index (χ0n) is 7.07. The molecule has 0 heterocycles. The molecule has 0 unspecified atom stereocenters. The van der Waals surface area contributed by atoms with E-state index in [2.05, 4.69) is 0 Å². The van der Waals surface area contributed by atoms with E-state index in [0.29, 0.717) is 0 Å². The van der Waals surface area contributed by atoms with Crippen LogP contribution in [0, 0.1) is 0 Å². The molecule has 0 aliphatic rings. The second kappa shape index (κ2) is 13.1. The fourth-order valence-corrected chi connectivity index (χ4v) is 0. The second-order valence-electron chi connectivity index (χ2n) is 1.50. The van der Waals surface area contributed by atoms with Crippen molar-refractivity contribution < 1.29 is 125 Å². The van der Waals surface area contributed by atoms with Gasteiger partial charge in [0.25, 0.3) is 0 Å². The topological polar surface area (TPSA) is 100 Å². The fraction of sp³-hybridized carbons (Fsp3) is 1.00. The number of aliphatic hydroxyl groups is 1. The van der Waals surface area contributed by atoms with Gasteiger partial charge in [-0.3, -0.25) is 8.42 Å². The molecule has 58 valence electrons. The van der Waals surface area contributed by atoms with E-state index in [4.69, 9.17) is 22.6 Å². The Morgan fingerprint density at radius 2 is 1.18 bits per heavy atom. The first-order chi connectivity index (χ1) is 3.73. The van der Waals surface area contributed by atoms with E-state index in [1.807, 2.05) is 0 Å². The van der Waals surface area contributed by atoms with Gasteiger partial charge in [-0.15, -0.1) is 0 Å². The molecule has 0 aromatic heterocycles. The summed E-state index contributed by atoms with van der Waals surface area (Å²) in [5.41, 5.74) is 0. The van der Waals surface area contributed by atoms with Crippen molar-refractivity contribution >= 4 is 10.4 Å². The average Bonchev–Trinajstić information content (AvgIpc) is 1.19. The Balaban J connectivity index is -0.0000000383. The minimum atomic E-state index is -5.17. The molecule has 0 rings (SSSR count). The first-order valence-electron chi connectivity index (χ1n) is 2.08. The van der Waals surface area contributed by atoms with Crippen molar-refractivity contribution in [1.82, 2.24) is 0 Å². The van der Waals surface area contributed by atoms with Crippen molar-refractivity contribution in [2.24, 2.45) is 0 Å². The average molecular weight is 234 g/mol. The summed E-state index contributed by atoms with van der Waals surface area (Å²) in [4.78, 5) is 0. The van der Waals surface area contributed by atoms with Gasteiger partial charge in [-0.05, 0) is 13.8 Å². The Labute approximate surface area is 152 Å². The van der Waals surface area contributed by atoms with Crippen LogP contribution in [0.3, 0.4) is 0 Å². The zero-order chi connectivity index (χ0) is 8.08. The quantitative estimate of drug-likeness (QED) is 0.255. The van der Waals surface area contributed by atoms with E-state index in [-0.39, 0.29) is 109 Å². The molecule has 0 saturated heterocycles. The fourth-order valence-electron chi connectivity index (χ4n) is 0. The predicted octanol–water partition coefficient (Wildman–Crippen LogP) is -6.94. The number of rotatable bonds is 0. The van der Waals surface area contributed by atoms with Crippen LogP contribution in [0.5, 0.6) is 0 Å². The number of hydrogen-bond acceptors (Lipinski definition) is 5.